The van der Waals surface area contributed by atoms with E-state index in [1.54, 1.807) is 6.07 Å². The second-order valence-electron chi connectivity index (χ2n) is 10.2. The number of ether oxygens (including phenoxy) is 2. The molecule has 2 fully saturated rings. The van der Waals surface area contributed by atoms with Gasteiger partial charge in [0.2, 0.25) is 0 Å². The molecule has 0 bridgehead atoms. The second kappa shape index (κ2) is 9.39. The molecule has 0 saturated carbocycles. The van der Waals surface area contributed by atoms with Gasteiger partial charge in [-0.1, -0.05) is 6.07 Å². The van der Waals surface area contributed by atoms with Gasteiger partial charge < -0.3 is 14.5 Å². The topological polar surface area (TPSA) is 79.8 Å². The van der Waals surface area contributed by atoms with Crippen molar-refractivity contribution < 1.29 is 27.4 Å². The van der Waals surface area contributed by atoms with E-state index in [9.17, 15) is 18.0 Å². The number of aliphatic imine (C=N–C) groups is 1. The SMILES string of the molecule is O=C(Cc1nc2c(C(F)(F)F)cccc2[nH]1)CC1CN(C2CCOC2)C[C@@H]1OC1CCC2=C1CC=N2. The Labute approximate surface area is 206 Å². The number of aromatic nitrogens is 2. The predicted molar refractivity (Wildman–Crippen MR) is 127 cm³/mol. The van der Waals surface area contributed by atoms with Crippen LogP contribution in [0.1, 0.15) is 43.5 Å². The van der Waals surface area contributed by atoms with Crippen molar-refractivity contribution in [3.8, 4) is 0 Å². The van der Waals surface area contributed by atoms with Crippen molar-refractivity contribution in [2.45, 2.75) is 63.0 Å². The summed E-state index contributed by atoms with van der Waals surface area (Å²) in [5.74, 6) is 0.221. The third kappa shape index (κ3) is 4.62. The summed E-state index contributed by atoms with van der Waals surface area (Å²) in [6.45, 7) is 2.95. The molecule has 7 nitrogen and oxygen atoms in total. The number of para-hydroxylation sites is 1. The number of imidazole rings is 1. The summed E-state index contributed by atoms with van der Waals surface area (Å²) < 4.78 is 52.3. The van der Waals surface area contributed by atoms with E-state index in [2.05, 4.69) is 19.9 Å². The van der Waals surface area contributed by atoms with E-state index in [-0.39, 0.29) is 47.2 Å². The Morgan fingerprint density at radius 1 is 1.25 bits per heavy atom. The highest BCUT2D eigenvalue weighted by atomic mass is 19.4. The monoisotopic (exact) mass is 502 g/mol. The highest BCUT2D eigenvalue weighted by Crippen LogP contribution is 2.38. The highest BCUT2D eigenvalue weighted by Gasteiger charge is 2.41. The van der Waals surface area contributed by atoms with Gasteiger partial charge in [0.05, 0.1) is 36.3 Å². The second-order valence-corrected chi connectivity index (χ2v) is 10.2. The third-order valence-electron chi connectivity index (χ3n) is 7.85. The summed E-state index contributed by atoms with van der Waals surface area (Å²) in [5.41, 5.74) is 1.76. The average Bonchev–Trinajstić information content (AvgIpc) is 3.63. The lowest BCUT2D eigenvalue weighted by Gasteiger charge is -2.24. The number of nitrogens with zero attached hydrogens (tertiary/aromatic N) is 3. The number of benzene rings is 1. The van der Waals surface area contributed by atoms with E-state index in [0.717, 1.165) is 57.1 Å². The summed E-state index contributed by atoms with van der Waals surface area (Å²) in [7, 11) is 0. The smallest absolute Gasteiger partial charge is 0.380 e. The summed E-state index contributed by atoms with van der Waals surface area (Å²) in [4.78, 5) is 27.0. The molecule has 4 heterocycles. The van der Waals surface area contributed by atoms with Gasteiger partial charge in [-0.15, -0.1) is 0 Å². The molecule has 4 aliphatic rings. The fourth-order valence-electron chi connectivity index (χ4n) is 6.08. The first-order valence-corrected chi connectivity index (χ1v) is 12.6. The number of ketones is 1. The van der Waals surface area contributed by atoms with Crippen molar-refractivity contribution in [2.24, 2.45) is 10.9 Å². The number of aromatic amines is 1. The highest BCUT2D eigenvalue weighted by molar-refractivity contribution is 5.83. The summed E-state index contributed by atoms with van der Waals surface area (Å²) in [6, 6.07) is 4.23. The maximum absolute atomic E-state index is 13.4. The van der Waals surface area contributed by atoms with E-state index >= 15 is 0 Å². The van der Waals surface area contributed by atoms with Crippen LogP contribution in [-0.2, 0) is 26.9 Å². The maximum Gasteiger partial charge on any atom is 0.418 e. The minimum Gasteiger partial charge on any atom is -0.380 e. The molecule has 10 heteroatoms. The van der Waals surface area contributed by atoms with Gasteiger partial charge >= 0.3 is 6.18 Å². The van der Waals surface area contributed by atoms with E-state index in [1.165, 1.54) is 11.6 Å². The van der Waals surface area contributed by atoms with Crippen molar-refractivity contribution in [3.05, 3.63) is 40.9 Å². The lowest BCUT2D eigenvalue weighted by Crippen LogP contribution is -2.35. The molecule has 0 spiro atoms. The summed E-state index contributed by atoms with van der Waals surface area (Å²) in [6.07, 6.45) is 1.32. The van der Waals surface area contributed by atoms with Gasteiger partial charge in [-0.25, -0.2) is 4.98 Å². The molecule has 36 heavy (non-hydrogen) atoms. The fraction of sp³-hybridized carbons (Fsp3) is 0.577. The Morgan fingerprint density at radius 3 is 2.94 bits per heavy atom. The molecule has 0 radical (unpaired) electrons. The number of fused-ring (bicyclic) bond motifs is 1. The molecular weight excluding hydrogens is 473 g/mol. The van der Waals surface area contributed by atoms with Crippen LogP contribution in [0.25, 0.3) is 11.0 Å². The van der Waals surface area contributed by atoms with Crippen molar-refractivity contribution >= 4 is 23.0 Å². The number of halogens is 3. The first-order valence-electron chi connectivity index (χ1n) is 12.6. The molecule has 1 N–H and O–H groups in total. The molecule has 192 valence electrons. The van der Waals surface area contributed by atoms with Gasteiger partial charge in [0.1, 0.15) is 17.1 Å². The van der Waals surface area contributed by atoms with Gasteiger partial charge in [-0.2, -0.15) is 13.2 Å². The number of Topliss-reactive ketones (excluding diaryl/α,β-unsaturated/α-hetero) is 1. The van der Waals surface area contributed by atoms with Crippen LogP contribution in [0.5, 0.6) is 0 Å². The Bertz CT molecular complexity index is 1210. The maximum atomic E-state index is 13.4. The van der Waals surface area contributed by atoms with E-state index in [1.807, 2.05) is 6.21 Å². The number of alkyl halides is 3. The van der Waals surface area contributed by atoms with Crippen LogP contribution in [0.4, 0.5) is 13.2 Å². The van der Waals surface area contributed by atoms with Crippen LogP contribution < -0.4 is 0 Å². The molecule has 6 rings (SSSR count). The number of nitrogens with one attached hydrogen (secondary N) is 1. The zero-order valence-electron chi connectivity index (χ0n) is 19.9. The Balaban J connectivity index is 1.16. The van der Waals surface area contributed by atoms with Crippen LogP contribution in [-0.4, -0.2) is 71.4 Å². The summed E-state index contributed by atoms with van der Waals surface area (Å²) >= 11 is 0. The number of allylic oxidation sites excluding steroid dienone is 1. The van der Waals surface area contributed by atoms with E-state index in [4.69, 9.17) is 9.47 Å². The Kier molecular flexibility index (Phi) is 6.21. The van der Waals surface area contributed by atoms with Crippen LogP contribution in [0.2, 0.25) is 0 Å². The van der Waals surface area contributed by atoms with Gasteiger partial charge in [0, 0.05) is 56.4 Å². The molecule has 1 aliphatic carbocycles. The molecule has 1 aromatic carbocycles. The molecule has 2 aromatic rings. The first kappa shape index (κ1) is 23.8. The molecule has 2 saturated heterocycles. The number of carbonyl (C=O) groups excluding carboxylic acids is 1. The number of carbonyl (C=O) groups is 1. The Hall–Kier alpha value is -2.56. The fourth-order valence-corrected chi connectivity index (χ4v) is 6.08. The van der Waals surface area contributed by atoms with E-state index in [0.29, 0.717) is 19.1 Å². The van der Waals surface area contributed by atoms with Crippen molar-refractivity contribution in [1.82, 2.24) is 14.9 Å². The first-order chi connectivity index (χ1) is 17.3. The van der Waals surface area contributed by atoms with Gasteiger partial charge in [-0.05, 0) is 37.0 Å². The summed E-state index contributed by atoms with van der Waals surface area (Å²) in [5, 5.41) is 0. The van der Waals surface area contributed by atoms with Crippen molar-refractivity contribution in [3.63, 3.8) is 0 Å². The standard InChI is InChI=1S/C26H29F3N4O3/c27-26(28,29)19-2-1-3-21-25(19)32-24(31-21)11-17(34)10-15-12-33(16-7-9-35-14-16)13-23(15)36-22-5-4-20-18(22)6-8-30-20/h1-3,8,15-16,22-23H,4-7,9-14H2,(H,31,32)/t15?,16?,22?,23-/m0/s1. The molecular formula is C26H29F3N4O3. The lowest BCUT2D eigenvalue weighted by molar-refractivity contribution is -0.136. The molecule has 3 aliphatic heterocycles. The Morgan fingerprint density at radius 2 is 2.14 bits per heavy atom. The van der Waals surface area contributed by atoms with Crippen LogP contribution in [0, 0.1) is 5.92 Å². The molecule has 4 atom stereocenters. The van der Waals surface area contributed by atoms with Crippen LogP contribution in [0.15, 0.2) is 34.5 Å². The van der Waals surface area contributed by atoms with Gasteiger partial charge in [0.25, 0.3) is 0 Å². The quantitative estimate of drug-likeness (QED) is 0.617. The molecule has 1 aromatic heterocycles. The van der Waals surface area contributed by atoms with Crippen LogP contribution in [0.3, 0.4) is 0 Å². The van der Waals surface area contributed by atoms with Crippen molar-refractivity contribution in [1.29, 1.82) is 0 Å². The van der Waals surface area contributed by atoms with Gasteiger partial charge in [0.15, 0.2) is 0 Å². The normalized spacial score (nSPS) is 28.6. The zero-order valence-corrected chi connectivity index (χ0v) is 19.9. The van der Waals surface area contributed by atoms with Gasteiger partial charge in [-0.3, -0.25) is 14.7 Å². The number of H-pyrrole nitrogens is 1. The van der Waals surface area contributed by atoms with Crippen LogP contribution >= 0.6 is 0 Å². The number of hydrogen-bond donors (Lipinski definition) is 1. The molecule has 3 unspecified atom stereocenters. The zero-order chi connectivity index (χ0) is 24.9. The number of likely N-dealkylation sites (tertiary alicyclic amines) is 1. The average molecular weight is 503 g/mol. The van der Waals surface area contributed by atoms with E-state index < -0.39 is 11.7 Å². The number of hydrogen-bond acceptors (Lipinski definition) is 6. The third-order valence-corrected chi connectivity index (χ3v) is 7.85. The predicted octanol–water partition coefficient (Wildman–Crippen LogP) is 4.08. The van der Waals surface area contributed by atoms with Crippen molar-refractivity contribution in [2.75, 3.05) is 26.3 Å². The minimum absolute atomic E-state index is 0.0141. The lowest BCUT2D eigenvalue weighted by atomic mass is 9.97. The number of rotatable bonds is 7. The minimum atomic E-state index is -4.50. The molecule has 0 amide bonds. The largest absolute Gasteiger partial charge is 0.418 e.